The van der Waals surface area contributed by atoms with Crippen molar-refractivity contribution in [3.05, 3.63) is 35.9 Å². The topological polar surface area (TPSA) is 3.24 Å². The summed E-state index contributed by atoms with van der Waals surface area (Å²) in [5.74, 6) is 0.735. The van der Waals surface area contributed by atoms with Gasteiger partial charge in [0.1, 0.15) is 0 Å². The molecule has 0 aromatic heterocycles. The van der Waals surface area contributed by atoms with Gasteiger partial charge in [-0.05, 0) is 36.9 Å². The van der Waals surface area contributed by atoms with Crippen molar-refractivity contribution in [2.75, 3.05) is 20.1 Å². The first-order chi connectivity index (χ1) is 8.13. The fourth-order valence-electron chi connectivity index (χ4n) is 2.68. The lowest BCUT2D eigenvalue weighted by Gasteiger charge is -2.44. The van der Waals surface area contributed by atoms with Crippen molar-refractivity contribution in [3.63, 3.8) is 0 Å². The quantitative estimate of drug-likeness (QED) is 0.710. The van der Waals surface area contributed by atoms with Gasteiger partial charge < -0.3 is 4.90 Å². The molecule has 96 valence electrons. The second-order valence-corrected chi connectivity index (χ2v) is 5.20. The Hall–Kier alpha value is -0.820. The SMILES string of the molecule is CC.CC1CN(C)CCC1(C)c1ccccc1. The van der Waals surface area contributed by atoms with Crippen molar-refractivity contribution in [2.24, 2.45) is 5.92 Å². The molecule has 0 amide bonds. The first kappa shape index (κ1) is 14.2. The summed E-state index contributed by atoms with van der Waals surface area (Å²) < 4.78 is 0. The average molecular weight is 233 g/mol. The van der Waals surface area contributed by atoms with Gasteiger partial charge in [-0.25, -0.2) is 0 Å². The van der Waals surface area contributed by atoms with Gasteiger partial charge in [-0.1, -0.05) is 58.0 Å². The molecule has 1 aromatic carbocycles. The Labute approximate surface area is 107 Å². The van der Waals surface area contributed by atoms with E-state index in [-0.39, 0.29) is 0 Å². The van der Waals surface area contributed by atoms with E-state index in [0.29, 0.717) is 5.41 Å². The molecule has 0 N–H and O–H groups in total. The molecule has 1 fully saturated rings. The van der Waals surface area contributed by atoms with Crippen molar-refractivity contribution in [1.29, 1.82) is 0 Å². The molecule has 1 aliphatic heterocycles. The zero-order valence-electron chi connectivity index (χ0n) is 12.0. The molecular formula is C16H27N. The van der Waals surface area contributed by atoms with Gasteiger partial charge in [0.05, 0.1) is 0 Å². The lowest BCUT2D eigenvalue weighted by atomic mass is 9.68. The number of hydrogen-bond donors (Lipinski definition) is 0. The molecule has 0 bridgehead atoms. The molecule has 2 unspecified atom stereocenters. The van der Waals surface area contributed by atoms with Crippen molar-refractivity contribution in [3.8, 4) is 0 Å². The molecule has 1 aliphatic rings. The molecule has 1 nitrogen and oxygen atoms in total. The molecule has 17 heavy (non-hydrogen) atoms. The van der Waals surface area contributed by atoms with Crippen molar-refractivity contribution in [1.82, 2.24) is 4.90 Å². The Morgan fingerprint density at radius 3 is 2.29 bits per heavy atom. The Bertz CT molecular complexity index is 320. The van der Waals surface area contributed by atoms with Crippen molar-refractivity contribution >= 4 is 0 Å². The molecule has 0 spiro atoms. The van der Waals surface area contributed by atoms with Gasteiger partial charge in [-0.2, -0.15) is 0 Å². The van der Waals surface area contributed by atoms with E-state index in [0.717, 1.165) is 5.92 Å². The average Bonchev–Trinajstić information content (AvgIpc) is 2.38. The first-order valence-electron chi connectivity index (χ1n) is 6.87. The summed E-state index contributed by atoms with van der Waals surface area (Å²) in [6.45, 7) is 11.2. The Morgan fingerprint density at radius 2 is 1.76 bits per heavy atom. The smallest absolute Gasteiger partial charge is 0.00124 e. The Morgan fingerprint density at radius 1 is 1.18 bits per heavy atom. The summed E-state index contributed by atoms with van der Waals surface area (Å²) in [6.07, 6.45) is 1.27. The third-order valence-corrected chi connectivity index (χ3v) is 4.12. The van der Waals surface area contributed by atoms with Crippen LogP contribution >= 0.6 is 0 Å². The van der Waals surface area contributed by atoms with Gasteiger partial charge in [0.2, 0.25) is 0 Å². The lowest BCUT2D eigenvalue weighted by molar-refractivity contribution is 0.134. The van der Waals surface area contributed by atoms with Gasteiger partial charge in [0, 0.05) is 6.54 Å². The molecule has 0 aliphatic carbocycles. The molecular weight excluding hydrogens is 206 g/mol. The highest BCUT2D eigenvalue weighted by molar-refractivity contribution is 5.26. The largest absolute Gasteiger partial charge is 0.306 e. The third-order valence-electron chi connectivity index (χ3n) is 4.12. The minimum Gasteiger partial charge on any atom is -0.306 e. The summed E-state index contributed by atoms with van der Waals surface area (Å²) in [4.78, 5) is 2.44. The predicted octanol–water partition coefficient (Wildman–Crippen LogP) is 3.94. The summed E-state index contributed by atoms with van der Waals surface area (Å²) in [6, 6.07) is 11.0. The maximum absolute atomic E-state index is 2.44. The number of benzene rings is 1. The molecule has 1 saturated heterocycles. The number of likely N-dealkylation sites (tertiary alicyclic amines) is 1. The van der Waals surface area contributed by atoms with Crippen LogP contribution in [0.3, 0.4) is 0 Å². The van der Waals surface area contributed by atoms with Crippen LogP contribution < -0.4 is 0 Å². The van der Waals surface area contributed by atoms with E-state index in [2.05, 4.69) is 56.1 Å². The van der Waals surface area contributed by atoms with Crippen LogP contribution in [-0.2, 0) is 5.41 Å². The summed E-state index contributed by atoms with van der Waals surface area (Å²) in [5.41, 5.74) is 1.87. The van der Waals surface area contributed by atoms with E-state index in [1.54, 1.807) is 0 Å². The van der Waals surface area contributed by atoms with Crippen LogP contribution in [0.4, 0.5) is 0 Å². The molecule has 1 heterocycles. The van der Waals surface area contributed by atoms with E-state index in [1.807, 2.05) is 13.8 Å². The number of hydrogen-bond acceptors (Lipinski definition) is 1. The van der Waals surface area contributed by atoms with E-state index in [4.69, 9.17) is 0 Å². The Balaban J connectivity index is 0.000000686. The second kappa shape index (κ2) is 6.20. The molecule has 1 aromatic rings. The zero-order chi connectivity index (χ0) is 12.9. The highest BCUT2D eigenvalue weighted by Gasteiger charge is 2.36. The fraction of sp³-hybridized carbons (Fsp3) is 0.625. The zero-order valence-corrected chi connectivity index (χ0v) is 12.0. The normalized spacial score (nSPS) is 29.4. The maximum Gasteiger partial charge on any atom is 0.00124 e. The highest BCUT2D eigenvalue weighted by atomic mass is 15.1. The van der Waals surface area contributed by atoms with Crippen LogP contribution in [0, 0.1) is 5.92 Å². The molecule has 1 heteroatoms. The van der Waals surface area contributed by atoms with E-state index < -0.39 is 0 Å². The maximum atomic E-state index is 2.44. The minimum absolute atomic E-state index is 0.369. The van der Waals surface area contributed by atoms with Crippen LogP contribution in [0.5, 0.6) is 0 Å². The molecule has 0 radical (unpaired) electrons. The fourth-order valence-corrected chi connectivity index (χ4v) is 2.68. The van der Waals surface area contributed by atoms with Crippen molar-refractivity contribution < 1.29 is 0 Å². The van der Waals surface area contributed by atoms with Crippen LogP contribution in [0.1, 0.15) is 39.7 Å². The van der Waals surface area contributed by atoms with Gasteiger partial charge in [0.15, 0.2) is 0 Å². The van der Waals surface area contributed by atoms with E-state index >= 15 is 0 Å². The van der Waals surface area contributed by atoms with Gasteiger partial charge in [-0.15, -0.1) is 0 Å². The summed E-state index contributed by atoms with van der Waals surface area (Å²) in [5, 5.41) is 0. The number of rotatable bonds is 1. The molecule has 2 rings (SSSR count). The van der Waals surface area contributed by atoms with Gasteiger partial charge in [0.25, 0.3) is 0 Å². The van der Waals surface area contributed by atoms with Crippen LogP contribution in [-0.4, -0.2) is 25.0 Å². The standard InChI is InChI=1S/C14H21N.C2H6/c1-12-11-15(3)10-9-14(12,2)13-7-5-4-6-8-13;1-2/h4-8,12H,9-11H2,1-3H3;1-2H3. The molecule has 0 saturated carbocycles. The van der Waals surface area contributed by atoms with E-state index in [9.17, 15) is 0 Å². The first-order valence-corrected chi connectivity index (χ1v) is 6.87. The summed E-state index contributed by atoms with van der Waals surface area (Å²) >= 11 is 0. The molecule has 2 atom stereocenters. The number of nitrogens with zero attached hydrogens (tertiary/aromatic N) is 1. The monoisotopic (exact) mass is 233 g/mol. The Kier molecular flexibility index (Phi) is 5.20. The summed E-state index contributed by atoms with van der Waals surface area (Å²) in [7, 11) is 2.22. The lowest BCUT2D eigenvalue weighted by Crippen LogP contribution is -2.45. The predicted molar refractivity (Wildman–Crippen MR) is 76.4 cm³/mol. The second-order valence-electron chi connectivity index (χ2n) is 5.20. The van der Waals surface area contributed by atoms with Gasteiger partial charge in [-0.3, -0.25) is 0 Å². The van der Waals surface area contributed by atoms with E-state index in [1.165, 1.54) is 25.1 Å². The van der Waals surface area contributed by atoms with Crippen molar-refractivity contribution in [2.45, 2.75) is 39.5 Å². The van der Waals surface area contributed by atoms with Crippen LogP contribution in [0.25, 0.3) is 0 Å². The van der Waals surface area contributed by atoms with Crippen LogP contribution in [0.15, 0.2) is 30.3 Å². The minimum atomic E-state index is 0.369. The van der Waals surface area contributed by atoms with Gasteiger partial charge >= 0.3 is 0 Å². The third kappa shape index (κ3) is 3.10. The van der Waals surface area contributed by atoms with Crippen LogP contribution in [0.2, 0.25) is 0 Å². The number of piperidine rings is 1. The highest BCUT2D eigenvalue weighted by Crippen LogP contribution is 2.38.